The van der Waals surface area contributed by atoms with Crippen LogP contribution in [-0.4, -0.2) is 38.6 Å². The van der Waals surface area contributed by atoms with Crippen molar-refractivity contribution in [2.24, 2.45) is 0 Å². The molecule has 0 spiro atoms. The van der Waals surface area contributed by atoms with Gasteiger partial charge in [0, 0.05) is 16.8 Å². The van der Waals surface area contributed by atoms with Gasteiger partial charge in [0.25, 0.3) is 5.91 Å². The molecule has 0 aliphatic carbocycles. The molecule has 2 aromatic heterocycles. The van der Waals surface area contributed by atoms with Crippen LogP contribution in [-0.2, 0) is 0 Å². The Morgan fingerprint density at radius 1 is 1.31 bits per heavy atom. The summed E-state index contributed by atoms with van der Waals surface area (Å²) in [4.78, 5) is 28.0. The Bertz CT molecular complexity index is 963. The first-order valence-corrected chi connectivity index (χ1v) is 8.98. The predicted octanol–water partition coefficient (Wildman–Crippen LogP) is 2.90. The Hall–Kier alpha value is -2.64. The highest BCUT2D eigenvalue weighted by Crippen LogP contribution is 2.25. The van der Waals surface area contributed by atoms with Crippen molar-refractivity contribution in [1.82, 2.24) is 10.2 Å². The fourth-order valence-electron chi connectivity index (χ4n) is 2.74. The molecule has 0 aliphatic rings. The lowest BCUT2D eigenvalue weighted by molar-refractivity contribution is 0.0938. The number of likely N-dealkylation sites (N-methyl/N-ethyl adjacent to an activating group) is 1. The SMILES string of the molecule is COc1cccc2cc(C(=O)NCC(c3cccs3)N(C)C)c(=O)oc12. The molecule has 3 rings (SSSR count). The molecular weight excluding hydrogens is 352 g/mol. The molecule has 7 heteroatoms. The zero-order valence-electron chi connectivity index (χ0n) is 14.8. The Morgan fingerprint density at radius 3 is 2.77 bits per heavy atom. The maximum Gasteiger partial charge on any atom is 0.349 e. The van der Waals surface area contributed by atoms with E-state index in [2.05, 4.69) is 5.32 Å². The van der Waals surface area contributed by atoms with Gasteiger partial charge in [-0.1, -0.05) is 18.2 Å². The van der Waals surface area contributed by atoms with E-state index in [1.54, 1.807) is 29.5 Å². The molecule has 1 aromatic carbocycles. The molecule has 0 aliphatic heterocycles. The third-order valence-corrected chi connectivity index (χ3v) is 5.11. The smallest absolute Gasteiger partial charge is 0.349 e. The summed E-state index contributed by atoms with van der Waals surface area (Å²) >= 11 is 1.63. The maximum absolute atomic E-state index is 12.5. The zero-order valence-corrected chi connectivity index (χ0v) is 15.6. The Kier molecular flexibility index (Phi) is 5.39. The average molecular weight is 372 g/mol. The first kappa shape index (κ1) is 18.2. The van der Waals surface area contributed by atoms with Gasteiger partial charge >= 0.3 is 5.63 Å². The molecule has 1 N–H and O–H groups in total. The van der Waals surface area contributed by atoms with E-state index >= 15 is 0 Å². The van der Waals surface area contributed by atoms with Crippen molar-refractivity contribution >= 4 is 28.2 Å². The summed E-state index contributed by atoms with van der Waals surface area (Å²) in [5, 5.41) is 5.47. The van der Waals surface area contributed by atoms with Crippen LogP contribution in [0.15, 0.2) is 51.0 Å². The van der Waals surface area contributed by atoms with Gasteiger partial charge in [0.15, 0.2) is 11.3 Å². The quantitative estimate of drug-likeness (QED) is 0.674. The number of hydrogen-bond acceptors (Lipinski definition) is 6. The monoisotopic (exact) mass is 372 g/mol. The van der Waals surface area contributed by atoms with E-state index in [-0.39, 0.29) is 11.6 Å². The first-order valence-electron chi connectivity index (χ1n) is 8.10. The largest absolute Gasteiger partial charge is 0.493 e. The van der Waals surface area contributed by atoms with E-state index in [9.17, 15) is 9.59 Å². The number of carbonyl (C=O) groups is 1. The van der Waals surface area contributed by atoms with Gasteiger partial charge in [-0.25, -0.2) is 4.79 Å². The van der Waals surface area contributed by atoms with Gasteiger partial charge in [0.05, 0.1) is 13.2 Å². The second-order valence-corrected chi connectivity index (χ2v) is 7.01. The van der Waals surface area contributed by atoms with Gasteiger partial charge in [-0.05, 0) is 37.7 Å². The molecule has 0 saturated heterocycles. The molecule has 1 unspecified atom stereocenters. The van der Waals surface area contributed by atoms with Crippen LogP contribution in [0.2, 0.25) is 0 Å². The second-order valence-electron chi connectivity index (χ2n) is 6.03. The molecule has 0 radical (unpaired) electrons. The number of ether oxygens (including phenoxy) is 1. The van der Waals surface area contributed by atoms with Gasteiger partial charge < -0.3 is 19.4 Å². The Morgan fingerprint density at radius 2 is 2.12 bits per heavy atom. The highest BCUT2D eigenvalue weighted by molar-refractivity contribution is 7.10. The lowest BCUT2D eigenvalue weighted by Crippen LogP contribution is -2.36. The van der Waals surface area contributed by atoms with Crippen molar-refractivity contribution in [2.75, 3.05) is 27.7 Å². The van der Waals surface area contributed by atoms with Crippen LogP contribution in [0.25, 0.3) is 11.0 Å². The summed E-state index contributed by atoms with van der Waals surface area (Å²) in [6.07, 6.45) is 0. The number of fused-ring (bicyclic) bond motifs is 1. The third kappa shape index (κ3) is 3.63. The van der Waals surface area contributed by atoms with Crippen LogP contribution in [0.4, 0.5) is 0 Å². The van der Waals surface area contributed by atoms with Crippen molar-refractivity contribution in [3.8, 4) is 5.75 Å². The molecule has 0 saturated carbocycles. The van der Waals surface area contributed by atoms with Gasteiger partial charge in [-0.3, -0.25) is 4.79 Å². The lowest BCUT2D eigenvalue weighted by atomic mass is 10.1. The van der Waals surface area contributed by atoms with Crippen LogP contribution >= 0.6 is 11.3 Å². The predicted molar refractivity (Wildman–Crippen MR) is 102 cm³/mol. The van der Waals surface area contributed by atoms with Gasteiger partial charge in [-0.15, -0.1) is 11.3 Å². The van der Waals surface area contributed by atoms with Crippen LogP contribution < -0.4 is 15.7 Å². The Balaban J connectivity index is 1.84. The Labute approximate surface area is 155 Å². The van der Waals surface area contributed by atoms with Crippen molar-refractivity contribution in [3.63, 3.8) is 0 Å². The molecule has 26 heavy (non-hydrogen) atoms. The summed E-state index contributed by atoms with van der Waals surface area (Å²) in [6, 6.07) is 10.8. The van der Waals surface area contributed by atoms with Crippen molar-refractivity contribution in [2.45, 2.75) is 6.04 Å². The number of thiophene rings is 1. The molecular formula is C19H20N2O4S. The number of amides is 1. The summed E-state index contributed by atoms with van der Waals surface area (Å²) < 4.78 is 10.5. The number of nitrogens with zero attached hydrogens (tertiary/aromatic N) is 1. The summed E-state index contributed by atoms with van der Waals surface area (Å²) in [7, 11) is 5.40. The van der Waals surface area contributed by atoms with Crippen molar-refractivity contribution in [1.29, 1.82) is 0 Å². The third-order valence-electron chi connectivity index (χ3n) is 4.14. The summed E-state index contributed by atoms with van der Waals surface area (Å²) in [5.41, 5.74) is -0.368. The number of hydrogen-bond donors (Lipinski definition) is 1. The molecule has 136 valence electrons. The van der Waals surface area contributed by atoms with E-state index in [0.29, 0.717) is 23.3 Å². The van der Waals surface area contributed by atoms with E-state index in [1.165, 1.54) is 13.2 Å². The number of carbonyl (C=O) groups excluding carboxylic acids is 1. The minimum Gasteiger partial charge on any atom is -0.493 e. The highest BCUT2D eigenvalue weighted by Gasteiger charge is 2.19. The molecule has 6 nitrogen and oxygen atoms in total. The van der Waals surface area contributed by atoms with E-state index < -0.39 is 11.5 Å². The molecule has 3 aromatic rings. The van der Waals surface area contributed by atoms with Gasteiger partial charge in [0.1, 0.15) is 5.56 Å². The molecule has 0 bridgehead atoms. The molecule has 1 amide bonds. The number of nitrogens with one attached hydrogen (secondary N) is 1. The van der Waals surface area contributed by atoms with E-state index in [1.807, 2.05) is 36.5 Å². The van der Waals surface area contributed by atoms with E-state index in [4.69, 9.17) is 9.15 Å². The summed E-state index contributed by atoms with van der Waals surface area (Å²) in [5.74, 6) is 0.00352. The number of para-hydroxylation sites is 1. The maximum atomic E-state index is 12.5. The minimum absolute atomic E-state index is 0.0190. The first-order chi connectivity index (χ1) is 12.5. The second kappa shape index (κ2) is 7.72. The van der Waals surface area contributed by atoms with Crippen LogP contribution in [0.3, 0.4) is 0 Å². The van der Waals surface area contributed by atoms with Crippen molar-refractivity contribution < 1.29 is 13.9 Å². The fourth-order valence-corrected chi connectivity index (χ4v) is 3.66. The van der Waals surface area contributed by atoms with Crippen LogP contribution in [0.5, 0.6) is 5.75 Å². The normalized spacial score (nSPS) is 12.3. The molecule has 2 heterocycles. The number of rotatable bonds is 6. The van der Waals surface area contributed by atoms with E-state index in [0.717, 1.165) is 4.88 Å². The lowest BCUT2D eigenvalue weighted by Gasteiger charge is -2.23. The minimum atomic E-state index is -0.683. The van der Waals surface area contributed by atoms with Crippen LogP contribution in [0, 0.1) is 0 Å². The molecule has 1 atom stereocenters. The van der Waals surface area contributed by atoms with Crippen LogP contribution in [0.1, 0.15) is 21.3 Å². The van der Waals surface area contributed by atoms with Gasteiger partial charge in [-0.2, -0.15) is 0 Å². The number of methoxy groups -OCH3 is 1. The highest BCUT2D eigenvalue weighted by atomic mass is 32.1. The standard InChI is InChI=1S/C19H20N2O4S/c1-21(2)14(16-8-5-9-26-16)11-20-18(22)13-10-12-6-4-7-15(24-3)17(12)25-19(13)23/h4-10,14H,11H2,1-3H3,(H,20,22). The fraction of sp³-hybridized carbons (Fsp3) is 0.263. The zero-order chi connectivity index (χ0) is 18.7. The van der Waals surface area contributed by atoms with Crippen molar-refractivity contribution in [3.05, 3.63) is 62.6 Å². The topological polar surface area (TPSA) is 71.8 Å². The number of benzene rings is 1. The molecule has 0 fully saturated rings. The average Bonchev–Trinajstić information content (AvgIpc) is 3.14. The summed E-state index contributed by atoms with van der Waals surface area (Å²) in [6.45, 7) is 0.391. The van der Waals surface area contributed by atoms with Gasteiger partial charge in [0.2, 0.25) is 0 Å².